The van der Waals surface area contributed by atoms with Crippen molar-refractivity contribution in [1.29, 1.82) is 0 Å². The predicted octanol–water partition coefficient (Wildman–Crippen LogP) is 2.52. The van der Waals surface area contributed by atoms with Gasteiger partial charge in [0, 0.05) is 30.1 Å². The monoisotopic (exact) mass is 371 g/mol. The lowest BCUT2D eigenvalue weighted by molar-refractivity contribution is -0.143. The summed E-state index contributed by atoms with van der Waals surface area (Å²) in [7, 11) is -0.483. The number of rotatable bonds is 3. The maximum Gasteiger partial charge on any atom is 0.498 e. The molecular formula is C19H26BN3O4. The third-order valence-electron chi connectivity index (χ3n) is 4.92. The summed E-state index contributed by atoms with van der Waals surface area (Å²) in [5.74, 6) is -0.106. The highest BCUT2D eigenvalue weighted by atomic mass is 16.7. The number of carbonyl (C=O) groups excluding carboxylic acids is 1. The average molecular weight is 371 g/mol. The van der Waals surface area contributed by atoms with Gasteiger partial charge in [-0.05, 0) is 54.5 Å². The third kappa shape index (κ3) is 3.91. The standard InChI is InChI=1S/C19H26BN3O4/c1-17(2,3)16(24)25-15-10-14(8-9-21-15)23-12-13(11-22-23)20-26-18(4,5)19(6,7)27-20/h8-12H,1-7H3. The molecule has 0 aromatic carbocycles. The molecule has 0 atom stereocenters. The number of pyridine rings is 1. The van der Waals surface area contributed by atoms with Gasteiger partial charge in [0.1, 0.15) is 0 Å². The zero-order chi connectivity index (χ0) is 20.0. The quantitative estimate of drug-likeness (QED) is 0.610. The summed E-state index contributed by atoms with van der Waals surface area (Å²) in [6.07, 6.45) is 5.13. The smallest absolute Gasteiger partial charge is 0.407 e. The van der Waals surface area contributed by atoms with Crippen LogP contribution >= 0.6 is 0 Å². The van der Waals surface area contributed by atoms with Gasteiger partial charge in [-0.3, -0.25) is 4.79 Å². The number of aromatic nitrogens is 3. The van der Waals surface area contributed by atoms with Gasteiger partial charge < -0.3 is 14.0 Å². The van der Waals surface area contributed by atoms with Gasteiger partial charge >= 0.3 is 13.1 Å². The summed E-state index contributed by atoms with van der Waals surface area (Å²) in [5.41, 5.74) is 0.117. The first-order valence-corrected chi connectivity index (χ1v) is 8.98. The van der Waals surface area contributed by atoms with Crippen molar-refractivity contribution >= 4 is 18.6 Å². The SMILES string of the molecule is CC(C)(C)C(=O)Oc1cc(-n2cc(B3OC(C)(C)C(C)(C)O3)cn2)ccn1. The molecule has 0 N–H and O–H groups in total. The summed E-state index contributed by atoms with van der Waals surface area (Å²) in [6.45, 7) is 13.4. The lowest BCUT2D eigenvalue weighted by atomic mass is 9.82. The fraction of sp³-hybridized carbons (Fsp3) is 0.526. The highest BCUT2D eigenvalue weighted by molar-refractivity contribution is 6.62. The molecular weight excluding hydrogens is 345 g/mol. The second-order valence-electron chi connectivity index (χ2n) is 8.80. The van der Waals surface area contributed by atoms with E-state index in [1.165, 1.54) is 0 Å². The first kappa shape index (κ1) is 19.6. The van der Waals surface area contributed by atoms with Gasteiger partial charge in [0.2, 0.25) is 5.88 Å². The molecule has 1 saturated heterocycles. The van der Waals surface area contributed by atoms with Gasteiger partial charge in [0.25, 0.3) is 0 Å². The second kappa shape index (κ2) is 6.46. The van der Waals surface area contributed by atoms with Crippen LogP contribution in [0.2, 0.25) is 0 Å². The van der Waals surface area contributed by atoms with Crippen molar-refractivity contribution < 1.29 is 18.8 Å². The number of nitrogens with zero attached hydrogens (tertiary/aromatic N) is 3. The van der Waals surface area contributed by atoms with E-state index in [0.717, 1.165) is 11.2 Å². The predicted molar refractivity (Wildman–Crippen MR) is 102 cm³/mol. The van der Waals surface area contributed by atoms with Gasteiger partial charge in [-0.15, -0.1) is 0 Å². The molecule has 1 aliphatic rings. The molecule has 27 heavy (non-hydrogen) atoms. The number of hydrogen-bond acceptors (Lipinski definition) is 6. The van der Waals surface area contributed by atoms with E-state index in [4.69, 9.17) is 14.0 Å². The Kier molecular flexibility index (Phi) is 4.68. The molecule has 8 heteroatoms. The Bertz CT molecular complexity index is 839. The molecule has 1 fully saturated rings. The maximum absolute atomic E-state index is 12.1. The summed E-state index contributed by atoms with van der Waals surface area (Å²) in [5, 5.41) is 4.38. The van der Waals surface area contributed by atoms with Crippen LogP contribution in [0.25, 0.3) is 5.69 Å². The van der Waals surface area contributed by atoms with E-state index in [9.17, 15) is 4.79 Å². The van der Waals surface area contributed by atoms with E-state index in [1.807, 2.05) is 33.9 Å². The Morgan fingerprint density at radius 2 is 1.81 bits per heavy atom. The van der Waals surface area contributed by atoms with Crippen LogP contribution in [0.1, 0.15) is 48.5 Å². The first-order valence-electron chi connectivity index (χ1n) is 8.98. The van der Waals surface area contributed by atoms with Gasteiger partial charge in [-0.2, -0.15) is 5.10 Å². The molecule has 0 unspecified atom stereocenters. The van der Waals surface area contributed by atoms with Crippen LogP contribution in [0.5, 0.6) is 5.88 Å². The summed E-state index contributed by atoms with van der Waals surface area (Å²) >= 11 is 0. The molecule has 2 aromatic heterocycles. The van der Waals surface area contributed by atoms with Crippen LogP contribution in [0.3, 0.4) is 0 Å². The maximum atomic E-state index is 12.1. The lowest BCUT2D eigenvalue weighted by Crippen LogP contribution is -2.41. The summed E-state index contributed by atoms with van der Waals surface area (Å²) < 4.78 is 19.2. The van der Waals surface area contributed by atoms with Crippen LogP contribution < -0.4 is 10.2 Å². The molecule has 1 aliphatic heterocycles. The van der Waals surface area contributed by atoms with Crippen molar-refractivity contribution in [2.45, 2.75) is 59.7 Å². The van der Waals surface area contributed by atoms with Gasteiger partial charge in [-0.25, -0.2) is 9.67 Å². The molecule has 2 aromatic rings. The molecule has 0 radical (unpaired) electrons. The Morgan fingerprint density at radius 1 is 1.19 bits per heavy atom. The highest BCUT2D eigenvalue weighted by Gasteiger charge is 2.52. The minimum atomic E-state index is -0.604. The normalized spacial score (nSPS) is 18.6. The number of esters is 1. The van der Waals surface area contributed by atoms with Crippen molar-refractivity contribution in [1.82, 2.24) is 14.8 Å². The minimum absolute atomic E-state index is 0.236. The first-order chi connectivity index (χ1) is 12.4. The van der Waals surface area contributed by atoms with Crippen molar-refractivity contribution in [2.75, 3.05) is 0 Å². The molecule has 7 nitrogen and oxygen atoms in total. The zero-order valence-corrected chi connectivity index (χ0v) is 16.9. The van der Waals surface area contributed by atoms with Crippen LogP contribution in [-0.4, -0.2) is 39.1 Å². The third-order valence-corrected chi connectivity index (χ3v) is 4.92. The van der Waals surface area contributed by atoms with Crippen molar-refractivity contribution in [2.24, 2.45) is 5.41 Å². The summed E-state index contributed by atoms with van der Waals surface area (Å²) in [6, 6.07) is 3.46. The van der Waals surface area contributed by atoms with E-state index >= 15 is 0 Å². The minimum Gasteiger partial charge on any atom is -0.407 e. The molecule has 0 spiro atoms. The zero-order valence-electron chi connectivity index (χ0n) is 16.9. The number of ether oxygens (including phenoxy) is 1. The van der Waals surface area contributed by atoms with Crippen molar-refractivity contribution in [3.63, 3.8) is 0 Å². The molecule has 144 valence electrons. The molecule has 0 amide bonds. The van der Waals surface area contributed by atoms with Gasteiger partial charge in [0.15, 0.2) is 0 Å². The van der Waals surface area contributed by atoms with Crippen LogP contribution in [0.4, 0.5) is 0 Å². The molecule has 3 heterocycles. The largest absolute Gasteiger partial charge is 0.498 e. The van der Waals surface area contributed by atoms with E-state index in [2.05, 4.69) is 10.1 Å². The van der Waals surface area contributed by atoms with Gasteiger partial charge in [-0.1, -0.05) is 0 Å². The van der Waals surface area contributed by atoms with E-state index in [-0.39, 0.29) is 11.8 Å². The molecule has 0 bridgehead atoms. The number of carbonyl (C=O) groups is 1. The Balaban J connectivity index is 1.80. The second-order valence-corrected chi connectivity index (χ2v) is 8.80. The van der Waals surface area contributed by atoms with E-state index < -0.39 is 23.7 Å². The van der Waals surface area contributed by atoms with Crippen molar-refractivity contribution in [3.8, 4) is 11.6 Å². The fourth-order valence-electron chi connectivity index (χ4n) is 2.42. The molecule has 3 rings (SSSR count). The summed E-state index contributed by atoms with van der Waals surface area (Å²) in [4.78, 5) is 16.2. The molecule has 0 saturated carbocycles. The van der Waals surface area contributed by atoms with Gasteiger partial charge in [0.05, 0.1) is 22.3 Å². The lowest BCUT2D eigenvalue weighted by Gasteiger charge is -2.32. The fourth-order valence-corrected chi connectivity index (χ4v) is 2.42. The van der Waals surface area contributed by atoms with Crippen LogP contribution in [0.15, 0.2) is 30.7 Å². The average Bonchev–Trinajstić information content (AvgIpc) is 3.10. The Labute approximate surface area is 160 Å². The highest BCUT2D eigenvalue weighted by Crippen LogP contribution is 2.36. The van der Waals surface area contributed by atoms with Crippen LogP contribution in [-0.2, 0) is 14.1 Å². The topological polar surface area (TPSA) is 75.5 Å². The van der Waals surface area contributed by atoms with E-state index in [0.29, 0.717) is 0 Å². The van der Waals surface area contributed by atoms with Crippen molar-refractivity contribution in [3.05, 3.63) is 30.7 Å². The Morgan fingerprint density at radius 3 is 2.41 bits per heavy atom. The van der Waals surface area contributed by atoms with E-state index in [1.54, 1.807) is 50.0 Å². The molecule has 0 aliphatic carbocycles. The number of hydrogen-bond donors (Lipinski definition) is 0. The van der Waals surface area contributed by atoms with Crippen LogP contribution in [0, 0.1) is 5.41 Å². The Hall–Kier alpha value is -2.19.